The van der Waals surface area contributed by atoms with Gasteiger partial charge in [0.15, 0.2) is 0 Å². The lowest BCUT2D eigenvalue weighted by molar-refractivity contribution is -0.116. The quantitative estimate of drug-likeness (QED) is 0.0698. The van der Waals surface area contributed by atoms with Crippen LogP contribution in [0, 0.1) is 0 Å². The van der Waals surface area contributed by atoms with Crippen molar-refractivity contribution in [2.75, 3.05) is 24.4 Å². The average Bonchev–Trinajstić information content (AvgIpc) is 3.08. The summed E-state index contributed by atoms with van der Waals surface area (Å²) in [5, 5.41) is 8.28. The molecule has 0 saturated heterocycles. The number of amides is 3. The second kappa shape index (κ2) is 17.5. The molecule has 4 aromatic carbocycles. The summed E-state index contributed by atoms with van der Waals surface area (Å²) in [6, 6.07) is 30.5. The van der Waals surface area contributed by atoms with Crippen LogP contribution in [0.2, 0.25) is 0 Å². The van der Waals surface area contributed by atoms with E-state index in [1.165, 1.54) is 11.8 Å². The van der Waals surface area contributed by atoms with Gasteiger partial charge in [0.1, 0.15) is 17.2 Å². The smallest absolute Gasteiger partial charge is 0.272 e. The number of thioether (sulfide) groups is 1. The minimum absolute atomic E-state index is 0.0738. The lowest BCUT2D eigenvalue weighted by atomic mass is 10.1. The number of carbonyl (C=O) groups excluding carboxylic acids is 3. The van der Waals surface area contributed by atoms with Crippen molar-refractivity contribution in [1.82, 2.24) is 5.32 Å². The summed E-state index contributed by atoms with van der Waals surface area (Å²) in [7, 11) is 1.58. The molecule has 8 nitrogen and oxygen atoms in total. The Labute approximate surface area is 274 Å². The maximum Gasteiger partial charge on any atom is 0.272 e. The number of hydrogen-bond acceptors (Lipinski definition) is 6. The molecular formula is C37H39N3O5S. The van der Waals surface area contributed by atoms with E-state index < -0.39 is 11.8 Å². The number of methoxy groups -OCH3 is 1. The Kier molecular flexibility index (Phi) is 12.9. The van der Waals surface area contributed by atoms with Crippen molar-refractivity contribution < 1.29 is 23.9 Å². The van der Waals surface area contributed by atoms with Crippen LogP contribution in [0.5, 0.6) is 11.5 Å². The van der Waals surface area contributed by atoms with Crippen LogP contribution in [0.4, 0.5) is 11.4 Å². The number of anilines is 2. The first-order chi connectivity index (χ1) is 22.4. The lowest BCUT2D eigenvalue weighted by Crippen LogP contribution is -2.30. The molecule has 1 unspecified atom stereocenters. The van der Waals surface area contributed by atoms with E-state index in [9.17, 15) is 14.4 Å². The van der Waals surface area contributed by atoms with Crippen LogP contribution in [-0.4, -0.2) is 36.7 Å². The molecule has 0 aliphatic heterocycles. The SMILES string of the molecule is CCCCOc1ccc(NC(=O)C(CC)Sc2cccc(NC(=O)/C(=C\c3ccc(OC)cc3)NC(=O)c3ccccc3)c2)cc1. The standard InChI is InChI=1S/C37H39N3O5S/c1-4-6-23-45-31-21-17-28(18-22-31)38-37(43)34(5-2)46-32-14-10-13-29(25-32)39-36(42)33(24-26-15-19-30(44-3)20-16-26)40-35(41)27-11-8-7-9-12-27/h7-22,24-25,34H,4-6,23H2,1-3H3,(H,38,43)(H,39,42)(H,40,41)/b33-24+. The Hall–Kier alpha value is -5.02. The Morgan fingerprint density at radius 1 is 0.804 bits per heavy atom. The molecule has 0 aromatic heterocycles. The van der Waals surface area contributed by atoms with Gasteiger partial charge in [-0.2, -0.15) is 0 Å². The van der Waals surface area contributed by atoms with Gasteiger partial charge in [-0.15, -0.1) is 11.8 Å². The molecule has 4 rings (SSSR count). The van der Waals surface area contributed by atoms with E-state index in [-0.39, 0.29) is 16.9 Å². The van der Waals surface area contributed by atoms with Crippen LogP contribution in [0.25, 0.3) is 6.08 Å². The zero-order chi connectivity index (χ0) is 32.7. The molecule has 3 amide bonds. The molecule has 9 heteroatoms. The van der Waals surface area contributed by atoms with Gasteiger partial charge in [-0.25, -0.2) is 0 Å². The molecule has 0 bridgehead atoms. The highest BCUT2D eigenvalue weighted by molar-refractivity contribution is 8.00. The van der Waals surface area contributed by atoms with Crippen molar-refractivity contribution in [2.45, 2.75) is 43.3 Å². The van der Waals surface area contributed by atoms with Gasteiger partial charge in [0.25, 0.3) is 11.8 Å². The zero-order valence-electron chi connectivity index (χ0n) is 26.2. The van der Waals surface area contributed by atoms with E-state index in [4.69, 9.17) is 9.47 Å². The first-order valence-corrected chi connectivity index (χ1v) is 16.1. The van der Waals surface area contributed by atoms with E-state index >= 15 is 0 Å². The molecule has 1 atom stereocenters. The van der Waals surface area contributed by atoms with Gasteiger partial charge in [0.05, 0.1) is 19.0 Å². The fourth-order valence-corrected chi connectivity index (χ4v) is 5.35. The second-order valence-corrected chi connectivity index (χ2v) is 11.6. The van der Waals surface area contributed by atoms with Gasteiger partial charge >= 0.3 is 0 Å². The number of unbranched alkanes of at least 4 members (excludes halogenated alkanes) is 1. The molecule has 0 aliphatic rings. The third-order valence-corrected chi connectivity index (χ3v) is 8.24. The van der Waals surface area contributed by atoms with Gasteiger partial charge < -0.3 is 25.4 Å². The van der Waals surface area contributed by atoms with E-state index in [1.54, 1.807) is 67.8 Å². The van der Waals surface area contributed by atoms with Crippen molar-refractivity contribution in [3.8, 4) is 11.5 Å². The average molecular weight is 638 g/mol. The summed E-state index contributed by atoms with van der Waals surface area (Å²) in [5.74, 6) is 0.433. The largest absolute Gasteiger partial charge is 0.497 e. The van der Waals surface area contributed by atoms with Crippen molar-refractivity contribution in [3.05, 3.63) is 120 Å². The van der Waals surface area contributed by atoms with Crippen molar-refractivity contribution in [1.29, 1.82) is 0 Å². The van der Waals surface area contributed by atoms with Gasteiger partial charge in [0, 0.05) is 21.8 Å². The Morgan fingerprint density at radius 2 is 1.52 bits per heavy atom. The molecule has 46 heavy (non-hydrogen) atoms. The molecule has 4 aromatic rings. The number of carbonyl (C=O) groups is 3. The van der Waals surface area contributed by atoms with Crippen molar-refractivity contribution in [2.24, 2.45) is 0 Å². The molecule has 0 aliphatic carbocycles. The molecule has 0 spiro atoms. The Bertz CT molecular complexity index is 1620. The minimum atomic E-state index is -0.492. The highest BCUT2D eigenvalue weighted by atomic mass is 32.2. The fraction of sp³-hybridized carbons (Fsp3) is 0.216. The molecule has 238 valence electrons. The Balaban J connectivity index is 1.44. The summed E-state index contributed by atoms with van der Waals surface area (Å²) in [5.41, 5.74) is 2.43. The first kappa shape index (κ1) is 33.9. The number of hydrogen-bond donors (Lipinski definition) is 3. The molecule has 0 radical (unpaired) electrons. The molecular weight excluding hydrogens is 598 g/mol. The normalized spacial score (nSPS) is 11.7. The molecule has 0 heterocycles. The van der Waals surface area contributed by atoms with Gasteiger partial charge in [-0.1, -0.05) is 56.7 Å². The van der Waals surface area contributed by atoms with Crippen molar-refractivity contribution >= 4 is 46.9 Å². The van der Waals surface area contributed by atoms with Gasteiger partial charge in [-0.05, 0) is 91.2 Å². The van der Waals surface area contributed by atoms with Gasteiger partial charge in [-0.3, -0.25) is 14.4 Å². The number of nitrogens with one attached hydrogen (secondary N) is 3. The van der Waals surface area contributed by atoms with Gasteiger partial charge in [0.2, 0.25) is 5.91 Å². The highest BCUT2D eigenvalue weighted by Gasteiger charge is 2.19. The predicted molar refractivity (Wildman–Crippen MR) is 185 cm³/mol. The zero-order valence-corrected chi connectivity index (χ0v) is 27.1. The summed E-state index contributed by atoms with van der Waals surface area (Å²) < 4.78 is 10.9. The minimum Gasteiger partial charge on any atom is -0.497 e. The lowest BCUT2D eigenvalue weighted by Gasteiger charge is -2.16. The summed E-state index contributed by atoms with van der Waals surface area (Å²) >= 11 is 1.41. The van der Waals surface area contributed by atoms with E-state index in [0.717, 1.165) is 23.5 Å². The molecule has 0 saturated carbocycles. The maximum absolute atomic E-state index is 13.5. The summed E-state index contributed by atoms with van der Waals surface area (Å²) in [4.78, 5) is 40.4. The van der Waals surface area contributed by atoms with Crippen LogP contribution in [0.3, 0.4) is 0 Å². The number of ether oxygens (including phenoxy) is 2. The number of rotatable bonds is 15. The topological polar surface area (TPSA) is 106 Å². The van der Waals surface area contributed by atoms with Crippen molar-refractivity contribution in [3.63, 3.8) is 0 Å². The third-order valence-electron chi connectivity index (χ3n) is 6.88. The highest BCUT2D eigenvalue weighted by Crippen LogP contribution is 2.29. The van der Waals surface area contributed by atoms with Crippen LogP contribution >= 0.6 is 11.8 Å². The van der Waals surface area contributed by atoms with E-state index in [0.29, 0.717) is 41.3 Å². The second-order valence-electron chi connectivity index (χ2n) is 10.4. The Morgan fingerprint density at radius 3 is 2.20 bits per heavy atom. The van der Waals surface area contributed by atoms with Crippen LogP contribution in [0.1, 0.15) is 49.0 Å². The fourth-order valence-electron chi connectivity index (χ4n) is 4.33. The third kappa shape index (κ3) is 10.3. The number of benzene rings is 4. The van der Waals surface area contributed by atoms with Crippen LogP contribution in [-0.2, 0) is 9.59 Å². The predicted octanol–water partition coefficient (Wildman–Crippen LogP) is 7.79. The summed E-state index contributed by atoms with van der Waals surface area (Å²) in [6.45, 7) is 4.74. The van der Waals surface area contributed by atoms with E-state index in [2.05, 4.69) is 22.9 Å². The van der Waals surface area contributed by atoms with Crippen LogP contribution in [0.15, 0.2) is 114 Å². The summed E-state index contributed by atoms with van der Waals surface area (Å²) in [6.07, 6.45) is 4.27. The molecule has 0 fully saturated rings. The van der Waals surface area contributed by atoms with E-state index in [1.807, 2.05) is 55.5 Å². The first-order valence-electron chi connectivity index (χ1n) is 15.2. The molecule has 3 N–H and O–H groups in total. The van der Waals surface area contributed by atoms with Crippen LogP contribution < -0.4 is 25.4 Å². The maximum atomic E-state index is 13.5. The monoisotopic (exact) mass is 637 g/mol.